The molecule has 0 saturated carbocycles. The minimum absolute atomic E-state index is 0.0299. The van der Waals surface area contributed by atoms with Crippen molar-refractivity contribution in [2.45, 2.75) is 114 Å². The molecule has 0 aliphatic carbocycles. The molecule has 0 bridgehead atoms. The number of aliphatic hydroxyl groups excluding tert-OH is 2. The number of nitrogens with one attached hydrogen (secondary N) is 7. The van der Waals surface area contributed by atoms with Crippen LogP contribution in [0.4, 0.5) is 0 Å². The van der Waals surface area contributed by atoms with E-state index in [1.165, 1.54) is 31.2 Å². The molecule has 8 amide bonds. The first-order chi connectivity index (χ1) is 32.7. The predicted octanol–water partition coefficient (Wildman–Crippen LogP) is -6.70. The number of aliphatic carboxylic acids is 1. The number of nitrogens with two attached hydrogens (primary N) is 5. The number of guanidine groups is 1. The molecule has 1 rings (SSSR count). The topological polar surface area (TPSA) is 488 Å². The molecule has 0 unspecified atom stereocenters. The van der Waals surface area contributed by atoms with Crippen molar-refractivity contribution in [1.29, 1.82) is 0 Å². The fourth-order valence-corrected chi connectivity index (χ4v) is 6.73. The summed E-state index contributed by atoms with van der Waals surface area (Å²) < 4.78 is 5.04. The Balaban J connectivity index is 3.29. The van der Waals surface area contributed by atoms with Gasteiger partial charge in [-0.15, -0.1) is 11.8 Å². The van der Waals surface area contributed by atoms with Gasteiger partial charge in [-0.05, 0) is 49.8 Å². The van der Waals surface area contributed by atoms with Crippen molar-refractivity contribution in [2.24, 2.45) is 39.6 Å². The maximum atomic E-state index is 14.0. The summed E-state index contributed by atoms with van der Waals surface area (Å²) in [6.07, 6.45) is -2.93. The van der Waals surface area contributed by atoms with Gasteiger partial charge in [-0.1, -0.05) is 26.0 Å². The molecule has 1 aromatic carbocycles. The van der Waals surface area contributed by atoms with Crippen LogP contribution in [0.25, 0.3) is 0 Å². The number of aliphatic imine (C=N–C) groups is 1. The summed E-state index contributed by atoms with van der Waals surface area (Å²) in [5.74, 6) is -10.7. The summed E-state index contributed by atoms with van der Waals surface area (Å²) in [4.78, 5) is 132. The van der Waals surface area contributed by atoms with Gasteiger partial charge in [0.05, 0.1) is 31.1 Å². The second-order valence-electron chi connectivity index (χ2n) is 16.3. The summed E-state index contributed by atoms with van der Waals surface area (Å²) in [6.45, 7) is 3.85. The highest BCUT2D eigenvalue weighted by atomic mass is 32.2. The van der Waals surface area contributed by atoms with Gasteiger partial charge in [0.15, 0.2) is 12.0 Å². The Morgan fingerprint density at radius 2 is 1.26 bits per heavy atom. The van der Waals surface area contributed by atoms with E-state index in [1.807, 2.05) is 0 Å². The normalized spacial score (nSPS) is 14.8. The lowest BCUT2D eigenvalue weighted by Crippen LogP contribution is -2.60. The largest absolute Gasteiger partial charge is 0.508 e. The average molecular weight is 1010 g/mol. The molecule has 0 fully saturated rings. The number of hydrogen-bond acceptors (Lipinski definition) is 18. The van der Waals surface area contributed by atoms with E-state index < -0.39 is 127 Å². The third kappa shape index (κ3) is 24.0. The van der Waals surface area contributed by atoms with Crippen LogP contribution in [0.5, 0.6) is 5.75 Å². The molecular weight excluding hydrogens is 947 g/mol. The van der Waals surface area contributed by atoms with Crippen molar-refractivity contribution < 1.29 is 73.1 Å². The van der Waals surface area contributed by atoms with E-state index in [-0.39, 0.29) is 67.4 Å². The number of phenols is 1. The molecule has 0 radical (unpaired) electrons. The predicted molar refractivity (Wildman–Crippen MR) is 251 cm³/mol. The molecule has 28 nitrogen and oxygen atoms in total. The van der Waals surface area contributed by atoms with Crippen LogP contribution in [0.3, 0.4) is 0 Å². The molecule has 21 N–H and O–H groups in total. The monoisotopic (exact) mass is 1010 g/mol. The van der Waals surface area contributed by atoms with Gasteiger partial charge in [0.25, 0.3) is 0 Å². The number of benzene rings is 1. The van der Waals surface area contributed by atoms with Crippen LogP contribution in [0.2, 0.25) is 0 Å². The second-order valence-corrected chi connectivity index (χ2v) is 17.3. The van der Waals surface area contributed by atoms with Crippen molar-refractivity contribution >= 4 is 76.9 Å². The Labute approximate surface area is 407 Å². The maximum absolute atomic E-state index is 14.0. The van der Waals surface area contributed by atoms with Crippen molar-refractivity contribution in [3.05, 3.63) is 29.8 Å². The number of ether oxygens (including phenoxy) is 1. The SMILES string of the molecule is CC(=O)NCSC[C@H](N)C(=O)N[C@@H](Cc1ccc(O)cc1)C(=O)N[C@@H](CCCN=C(N)N)C(=O)N[C@@H](CC(N)=O)C(=O)N[C@H](C(=O)OC[C@H](N)C(=O)N[C@@H](CO)C(=O)N[C@@H](CC(C)C)C(=O)O)[C@@H](C)O. The number of carboxylic acids is 1. The smallest absolute Gasteiger partial charge is 0.331 e. The van der Waals surface area contributed by atoms with Crippen LogP contribution in [0, 0.1) is 5.92 Å². The van der Waals surface area contributed by atoms with E-state index in [0.717, 1.165) is 18.7 Å². The number of carbonyl (C=O) groups is 10. The number of aliphatic hydroxyl groups is 2. The zero-order chi connectivity index (χ0) is 53.2. The van der Waals surface area contributed by atoms with Gasteiger partial charge in [0.2, 0.25) is 47.3 Å². The number of amides is 8. The molecule has 0 saturated heterocycles. The Kier molecular flexibility index (Phi) is 27.4. The molecular formula is C41H67N13O15S. The molecule has 0 aliphatic rings. The lowest BCUT2D eigenvalue weighted by Gasteiger charge is -2.27. The molecule has 0 spiro atoms. The van der Waals surface area contributed by atoms with Gasteiger partial charge in [-0.2, -0.15) is 0 Å². The number of primary amides is 1. The summed E-state index contributed by atoms with van der Waals surface area (Å²) in [5, 5.41) is 55.7. The third-order valence-electron chi connectivity index (χ3n) is 9.60. The van der Waals surface area contributed by atoms with Gasteiger partial charge < -0.3 is 91.0 Å². The molecule has 0 aromatic heterocycles. The number of carbonyl (C=O) groups excluding carboxylic acids is 9. The maximum Gasteiger partial charge on any atom is 0.331 e. The molecule has 29 heteroatoms. The van der Waals surface area contributed by atoms with Crippen LogP contribution in [0.15, 0.2) is 29.3 Å². The number of hydrogen-bond donors (Lipinski definition) is 16. The van der Waals surface area contributed by atoms with Gasteiger partial charge in [0.1, 0.15) is 48.6 Å². The van der Waals surface area contributed by atoms with Crippen molar-refractivity contribution in [1.82, 2.24) is 37.2 Å². The standard InChI is InChI=1S/C41H67N13O15S/c1-19(2)12-29(39(66)67)52-38(65)30(15-55)53-33(60)24(42)16-69-40(68)32(20(3)56)54-37(64)28(14-31(44)59)51-35(62)26(6-5-11-47-41(45)46)49-36(63)27(13-22-7-9-23(58)10-8-22)50-34(61)25(43)17-70-18-48-21(4)57/h7-10,19-20,24-30,32,55-56,58H,5-6,11-18,42-43H2,1-4H3,(H2,44,59)(H,48,57)(H,49,63)(H,50,61)(H,51,62)(H,52,65)(H,53,60)(H,54,64)(H,66,67)(H4,45,46,47)/t20-,24+,25+,26+,27+,28+,29+,30+,32+/m1/s1. The van der Waals surface area contributed by atoms with Crippen LogP contribution >= 0.6 is 11.8 Å². The van der Waals surface area contributed by atoms with E-state index in [0.29, 0.717) is 5.56 Å². The summed E-state index contributed by atoms with van der Waals surface area (Å²) in [7, 11) is 0. The summed E-state index contributed by atoms with van der Waals surface area (Å²) >= 11 is 1.13. The lowest BCUT2D eigenvalue weighted by atomic mass is 10.0. The Hall–Kier alpha value is -6.82. The van der Waals surface area contributed by atoms with Crippen molar-refractivity contribution in [2.75, 3.05) is 31.4 Å². The number of thioether (sulfide) groups is 1. The van der Waals surface area contributed by atoms with Crippen molar-refractivity contribution in [3.63, 3.8) is 0 Å². The van der Waals surface area contributed by atoms with E-state index in [9.17, 15) is 68.4 Å². The van der Waals surface area contributed by atoms with E-state index in [1.54, 1.807) is 13.8 Å². The van der Waals surface area contributed by atoms with Crippen LogP contribution in [0.1, 0.15) is 58.9 Å². The number of rotatable bonds is 32. The highest BCUT2D eigenvalue weighted by Gasteiger charge is 2.35. The van der Waals surface area contributed by atoms with Gasteiger partial charge >= 0.3 is 11.9 Å². The second kappa shape index (κ2) is 31.3. The molecule has 9 atom stereocenters. The average Bonchev–Trinajstić information content (AvgIpc) is 3.27. The number of nitrogens with zero attached hydrogens (tertiary/aromatic N) is 1. The van der Waals surface area contributed by atoms with Gasteiger partial charge in [0, 0.05) is 25.6 Å². The van der Waals surface area contributed by atoms with Crippen LogP contribution < -0.4 is 65.9 Å². The first kappa shape index (κ1) is 61.2. The summed E-state index contributed by atoms with van der Waals surface area (Å²) in [6, 6.07) is -6.99. The van der Waals surface area contributed by atoms with Crippen LogP contribution in [-0.2, 0) is 59.1 Å². The Morgan fingerprint density at radius 3 is 1.80 bits per heavy atom. The number of aromatic hydroxyl groups is 1. The summed E-state index contributed by atoms with van der Waals surface area (Å²) in [5.41, 5.74) is 28.6. The van der Waals surface area contributed by atoms with Crippen molar-refractivity contribution in [3.8, 4) is 5.75 Å². The highest BCUT2D eigenvalue weighted by Crippen LogP contribution is 2.13. The quantitative estimate of drug-likeness (QED) is 0.0105. The zero-order valence-electron chi connectivity index (χ0n) is 39.2. The van der Waals surface area contributed by atoms with Gasteiger partial charge in [-0.25, -0.2) is 9.59 Å². The minimum atomic E-state index is -1.94. The first-order valence-corrected chi connectivity index (χ1v) is 22.9. The molecule has 0 heterocycles. The van der Waals surface area contributed by atoms with E-state index in [4.69, 9.17) is 33.4 Å². The first-order valence-electron chi connectivity index (χ1n) is 21.7. The molecule has 1 aromatic rings. The molecule has 392 valence electrons. The zero-order valence-corrected chi connectivity index (χ0v) is 40.0. The lowest BCUT2D eigenvalue weighted by molar-refractivity contribution is -0.152. The molecule has 70 heavy (non-hydrogen) atoms. The third-order valence-corrected chi connectivity index (χ3v) is 10.5. The van der Waals surface area contributed by atoms with Crippen LogP contribution in [-0.4, -0.2) is 171 Å². The van der Waals surface area contributed by atoms with Gasteiger partial charge in [-0.3, -0.25) is 43.3 Å². The van der Waals surface area contributed by atoms with E-state index in [2.05, 4.69) is 42.2 Å². The Bertz CT molecular complexity index is 1990. The van der Waals surface area contributed by atoms with E-state index >= 15 is 0 Å². The number of phenolic OH excluding ortho intramolecular Hbond substituents is 1. The number of esters is 1. The number of carboxylic acid groups (broad SMARTS) is 1. The molecule has 0 aliphatic heterocycles. The fraction of sp³-hybridized carbons (Fsp3) is 0.585. The fourth-order valence-electron chi connectivity index (χ4n) is 5.90. The Morgan fingerprint density at radius 1 is 0.729 bits per heavy atom. The minimum Gasteiger partial charge on any atom is -0.508 e. The highest BCUT2D eigenvalue weighted by molar-refractivity contribution is 7.99.